The fraction of sp³-hybridized carbons (Fsp3) is 0.500. The molecule has 1 saturated carbocycles. The monoisotopic (exact) mass is 503 g/mol. The molecule has 3 heterocycles. The zero-order chi connectivity index (χ0) is 25.9. The molecule has 37 heavy (non-hydrogen) atoms. The molecule has 0 amide bonds. The first-order chi connectivity index (χ1) is 18.0. The van der Waals surface area contributed by atoms with Crippen molar-refractivity contribution in [2.75, 3.05) is 6.61 Å². The van der Waals surface area contributed by atoms with E-state index in [1.54, 1.807) is 10.6 Å². The smallest absolute Gasteiger partial charge is 0.332 e. The van der Waals surface area contributed by atoms with Gasteiger partial charge in [-0.15, -0.1) is 0 Å². The van der Waals surface area contributed by atoms with Crippen LogP contribution in [0.5, 0.6) is 0 Å². The molecule has 2 aliphatic carbocycles. The van der Waals surface area contributed by atoms with Crippen LogP contribution in [-0.2, 0) is 24.4 Å². The second-order valence-corrected chi connectivity index (χ2v) is 9.53. The lowest BCUT2D eigenvalue weighted by Crippen LogP contribution is -2.40. The summed E-state index contributed by atoms with van der Waals surface area (Å²) < 4.78 is 10.8. The number of fused-ring (bicyclic) bond motifs is 1. The summed E-state index contributed by atoms with van der Waals surface area (Å²) in [6.45, 7) is 4.69. The summed E-state index contributed by atoms with van der Waals surface area (Å²) in [6, 6.07) is 0. The Balaban J connectivity index is 1.73. The molecule has 2 aromatic heterocycles. The summed E-state index contributed by atoms with van der Waals surface area (Å²) in [7, 11) is 0. The van der Waals surface area contributed by atoms with Gasteiger partial charge in [-0.3, -0.25) is 13.9 Å². The van der Waals surface area contributed by atoms with Crippen LogP contribution in [0.4, 0.5) is 0 Å². The number of rotatable bonds is 9. The molecule has 9 heteroatoms. The van der Waals surface area contributed by atoms with Gasteiger partial charge in [-0.2, -0.15) is 0 Å². The van der Waals surface area contributed by atoms with E-state index in [0.29, 0.717) is 55.8 Å². The molecule has 0 atom stereocenters. The maximum absolute atomic E-state index is 13.7. The summed E-state index contributed by atoms with van der Waals surface area (Å²) in [4.78, 5) is 36.7. The third kappa shape index (κ3) is 4.74. The van der Waals surface area contributed by atoms with Crippen LogP contribution < -0.4 is 11.2 Å². The third-order valence-corrected chi connectivity index (χ3v) is 7.17. The van der Waals surface area contributed by atoms with Gasteiger partial charge in [-0.25, -0.2) is 14.8 Å². The van der Waals surface area contributed by atoms with E-state index in [4.69, 9.17) is 14.7 Å². The molecule has 2 aromatic rings. The van der Waals surface area contributed by atoms with Gasteiger partial charge in [-0.05, 0) is 57.6 Å². The number of aliphatic imine (C=N–C) groups is 1. The van der Waals surface area contributed by atoms with Crippen LogP contribution in [0, 0.1) is 0 Å². The predicted octanol–water partition coefficient (Wildman–Crippen LogP) is 3.45. The molecule has 1 fully saturated rings. The number of aliphatic hydroxyl groups is 1. The van der Waals surface area contributed by atoms with Crippen LogP contribution in [0.3, 0.4) is 0 Å². The van der Waals surface area contributed by atoms with Crippen molar-refractivity contribution in [3.63, 3.8) is 0 Å². The van der Waals surface area contributed by atoms with Gasteiger partial charge in [0.05, 0.1) is 12.2 Å². The van der Waals surface area contributed by atoms with Crippen molar-refractivity contribution < 1.29 is 9.84 Å². The Morgan fingerprint density at radius 2 is 2.00 bits per heavy atom. The lowest BCUT2D eigenvalue weighted by molar-refractivity contribution is 0.104. The van der Waals surface area contributed by atoms with Crippen molar-refractivity contribution in [2.45, 2.75) is 84.5 Å². The van der Waals surface area contributed by atoms with Crippen molar-refractivity contribution in [3.8, 4) is 0 Å². The molecule has 0 radical (unpaired) electrons. The van der Waals surface area contributed by atoms with E-state index in [2.05, 4.69) is 18.4 Å². The van der Waals surface area contributed by atoms with Gasteiger partial charge in [0.15, 0.2) is 17.1 Å². The second-order valence-electron chi connectivity index (χ2n) is 9.53. The zero-order valence-electron chi connectivity index (χ0n) is 21.5. The van der Waals surface area contributed by atoms with E-state index in [1.807, 2.05) is 23.6 Å². The average molecular weight is 504 g/mol. The van der Waals surface area contributed by atoms with Crippen LogP contribution in [0.25, 0.3) is 16.7 Å². The summed E-state index contributed by atoms with van der Waals surface area (Å²) in [5.74, 6) is 1.42. The highest BCUT2D eigenvalue weighted by Gasteiger charge is 2.28. The maximum Gasteiger partial charge on any atom is 0.332 e. The van der Waals surface area contributed by atoms with E-state index >= 15 is 0 Å². The first kappa shape index (κ1) is 25.0. The average Bonchev–Trinajstić information content (AvgIpc) is 3.25. The van der Waals surface area contributed by atoms with Crippen molar-refractivity contribution in [3.05, 3.63) is 67.6 Å². The molecule has 0 spiro atoms. The Labute approximate surface area is 215 Å². The first-order valence-corrected chi connectivity index (χ1v) is 13.2. The van der Waals surface area contributed by atoms with Gasteiger partial charge in [-0.1, -0.05) is 24.5 Å². The van der Waals surface area contributed by atoms with Crippen molar-refractivity contribution in [2.24, 2.45) is 4.99 Å². The van der Waals surface area contributed by atoms with Gasteiger partial charge in [0.1, 0.15) is 11.9 Å². The van der Waals surface area contributed by atoms with Gasteiger partial charge in [0, 0.05) is 37.3 Å². The van der Waals surface area contributed by atoms with E-state index < -0.39 is 11.2 Å². The summed E-state index contributed by atoms with van der Waals surface area (Å²) in [5, 5.41) is 9.35. The Kier molecular flexibility index (Phi) is 7.28. The lowest BCUT2D eigenvalue weighted by Gasteiger charge is -2.28. The van der Waals surface area contributed by atoms with Crippen LogP contribution in [-0.4, -0.2) is 42.4 Å². The van der Waals surface area contributed by atoms with Crippen LogP contribution in [0.2, 0.25) is 0 Å². The molecular formula is C28H33N5O4. The second kappa shape index (κ2) is 10.8. The molecule has 194 valence electrons. The highest BCUT2D eigenvalue weighted by molar-refractivity contribution is 5.86. The fourth-order valence-electron chi connectivity index (χ4n) is 4.99. The molecule has 9 nitrogen and oxygen atoms in total. The SMILES string of the molecule is CCC1=C(c2nc3c(c(=O)n(CCCO)c(=O)n3CC)n2CC2=C=C=CC=C2)CCC(OC2CCC2)=N1. The van der Waals surface area contributed by atoms with Gasteiger partial charge in [0.25, 0.3) is 5.56 Å². The molecule has 0 unspecified atom stereocenters. The number of allylic oxidation sites excluding steroid dienone is 6. The van der Waals surface area contributed by atoms with Crippen LogP contribution >= 0.6 is 0 Å². The lowest BCUT2D eigenvalue weighted by atomic mass is 9.96. The quantitative estimate of drug-likeness (QED) is 0.528. The minimum absolute atomic E-state index is 0.106. The van der Waals surface area contributed by atoms with E-state index in [-0.39, 0.29) is 19.3 Å². The minimum atomic E-state index is -0.410. The standard InChI is InChI=1S/C28H33N5O4/c1-3-22-21(14-15-23(29-22)37-20-12-8-13-20)25-30-26-24(33(25)18-19-10-6-5-7-11-19)27(35)32(16-9-17-34)28(36)31(26)4-2/h5-6,10,20,34H,3-4,8-9,12-18H2,1-2H3. The Bertz CT molecular complexity index is 1530. The largest absolute Gasteiger partial charge is 0.477 e. The van der Waals surface area contributed by atoms with Crippen LogP contribution in [0.1, 0.15) is 64.6 Å². The summed E-state index contributed by atoms with van der Waals surface area (Å²) in [5.41, 5.74) is 8.76. The molecule has 0 saturated heterocycles. The summed E-state index contributed by atoms with van der Waals surface area (Å²) in [6.07, 6.45) is 11.6. The number of aryl methyl sites for hydroxylation is 1. The number of ether oxygens (including phenoxy) is 1. The first-order valence-electron chi connectivity index (χ1n) is 13.2. The number of imidazole rings is 1. The number of hydrogen-bond donors (Lipinski definition) is 1. The van der Waals surface area contributed by atoms with E-state index in [0.717, 1.165) is 35.6 Å². The number of aliphatic hydroxyl groups excluding tert-OH is 1. The normalized spacial score (nSPS) is 17.4. The molecule has 0 aromatic carbocycles. The number of hydrogen-bond acceptors (Lipinski definition) is 6. The Hall–Kier alpha value is -3.64. The van der Waals surface area contributed by atoms with Gasteiger partial charge < -0.3 is 14.4 Å². The minimum Gasteiger partial charge on any atom is -0.477 e. The molecule has 0 bridgehead atoms. The molecule has 5 rings (SSSR count). The fourth-order valence-corrected chi connectivity index (χ4v) is 4.99. The predicted molar refractivity (Wildman–Crippen MR) is 142 cm³/mol. The number of aromatic nitrogens is 4. The maximum atomic E-state index is 13.7. The topological polar surface area (TPSA) is 104 Å². The van der Waals surface area contributed by atoms with E-state index in [9.17, 15) is 14.7 Å². The van der Waals surface area contributed by atoms with E-state index in [1.165, 1.54) is 11.0 Å². The zero-order valence-corrected chi connectivity index (χ0v) is 21.5. The molecule has 1 aliphatic heterocycles. The third-order valence-electron chi connectivity index (χ3n) is 7.17. The summed E-state index contributed by atoms with van der Waals surface area (Å²) >= 11 is 0. The molecule has 3 aliphatic rings. The van der Waals surface area contributed by atoms with Crippen molar-refractivity contribution >= 4 is 22.6 Å². The van der Waals surface area contributed by atoms with Crippen molar-refractivity contribution in [1.29, 1.82) is 0 Å². The Morgan fingerprint density at radius 1 is 1.16 bits per heavy atom. The molecular weight excluding hydrogens is 470 g/mol. The Morgan fingerprint density at radius 3 is 2.65 bits per heavy atom. The highest BCUT2D eigenvalue weighted by atomic mass is 16.5. The van der Waals surface area contributed by atoms with Gasteiger partial charge in [0.2, 0.25) is 0 Å². The van der Waals surface area contributed by atoms with Gasteiger partial charge >= 0.3 is 5.69 Å². The number of nitrogens with zero attached hydrogens (tertiary/aromatic N) is 5. The highest BCUT2D eigenvalue weighted by Crippen LogP contribution is 2.33. The van der Waals surface area contributed by atoms with Crippen molar-refractivity contribution in [1.82, 2.24) is 18.7 Å². The molecule has 1 N–H and O–H groups in total. The van der Waals surface area contributed by atoms with Crippen LogP contribution in [0.15, 0.2) is 55.5 Å².